The van der Waals surface area contributed by atoms with Crippen LogP contribution in [-0.2, 0) is 6.61 Å². The number of nitrogens with zero attached hydrogens (tertiary/aromatic N) is 1. The molecule has 3 nitrogen and oxygen atoms in total. The zero-order valence-electron chi connectivity index (χ0n) is 8.08. The van der Waals surface area contributed by atoms with E-state index in [1.165, 1.54) is 0 Å². The summed E-state index contributed by atoms with van der Waals surface area (Å²) < 4.78 is 11.8. The van der Waals surface area contributed by atoms with Gasteiger partial charge in [0.25, 0.3) is 0 Å². The van der Waals surface area contributed by atoms with Crippen LogP contribution in [0.1, 0.15) is 11.3 Å². The van der Waals surface area contributed by atoms with E-state index >= 15 is 0 Å². The molecule has 1 aliphatic rings. The summed E-state index contributed by atoms with van der Waals surface area (Å²) in [7, 11) is 0. The molecular formula is C11H8BrNO2. The molecule has 0 saturated heterocycles. The number of rotatable bonds is 0. The van der Waals surface area contributed by atoms with Crippen LogP contribution in [-0.4, -0.2) is 5.16 Å². The fourth-order valence-electron chi connectivity index (χ4n) is 1.76. The second-order valence-electron chi connectivity index (χ2n) is 3.47. The molecule has 0 unspecified atom stereocenters. The van der Waals surface area contributed by atoms with Crippen LogP contribution in [0.15, 0.2) is 27.2 Å². The maximum atomic E-state index is 5.67. The van der Waals surface area contributed by atoms with Crippen molar-refractivity contribution in [2.24, 2.45) is 0 Å². The van der Waals surface area contributed by atoms with E-state index in [-0.39, 0.29) is 0 Å². The number of ether oxygens (including phenoxy) is 1. The van der Waals surface area contributed by atoms with E-state index in [9.17, 15) is 0 Å². The van der Waals surface area contributed by atoms with Gasteiger partial charge in [-0.3, -0.25) is 0 Å². The molecule has 3 rings (SSSR count). The molecule has 0 N–H and O–H groups in total. The summed E-state index contributed by atoms with van der Waals surface area (Å²) in [5.41, 5.74) is 2.93. The second kappa shape index (κ2) is 3.10. The molecule has 0 spiro atoms. The largest absolute Gasteiger partial charge is 0.487 e. The Hall–Kier alpha value is -1.29. The summed E-state index contributed by atoms with van der Waals surface area (Å²) >= 11 is 3.46. The standard InChI is InChI=1S/C11H8BrNO2/c1-6-8-5-14-11-7(10(8)13-15-6)3-2-4-9(11)12/h2-4H,5H2,1H3. The Balaban J connectivity index is 2.30. The number of hydrogen-bond acceptors (Lipinski definition) is 3. The number of halogens is 1. The summed E-state index contributed by atoms with van der Waals surface area (Å²) in [5.74, 6) is 1.67. The van der Waals surface area contributed by atoms with Gasteiger partial charge in [0.15, 0.2) is 0 Å². The Morgan fingerprint density at radius 2 is 2.27 bits per heavy atom. The van der Waals surface area contributed by atoms with E-state index in [2.05, 4.69) is 21.1 Å². The third-order valence-corrected chi connectivity index (χ3v) is 3.19. The number of hydrogen-bond donors (Lipinski definition) is 0. The highest BCUT2D eigenvalue weighted by atomic mass is 79.9. The number of benzene rings is 1. The van der Waals surface area contributed by atoms with Gasteiger partial charge in [-0.1, -0.05) is 11.2 Å². The van der Waals surface area contributed by atoms with Crippen molar-refractivity contribution in [3.05, 3.63) is 34.0 Å². The Labute approximate surface area is 95.2 Å². The van der Waals surface area contributed by atoms with Crippen molar-refractivity contribution in [1.29, 1.82) is 0 Å². The minimum atomic E-state index is 0.528. The van der Waals surface area contributed by atoms with Crippen LogP contribution < -0.4 is 4.74 Å². The molecule has 1 aromatic heterocycles. The van der Waals surface area contributed by atoms with Gasteiger partial charge in [-0.25, -0.2) is 0 Å². The monoisotopic (exact) mass is 265 g/mol. The average Bonchev–Trinajstić information content (AvgIpc) is 2.61. The molecule has 15 heavy (non-hydrogen) atoms. The van der Waals surface area contributed by atoms with Gasteiger partial charge in [0, 0.05) is 5.56 Å². The van der Waals surface area contributed by atoms with Crippen LogP contribution >= 0.6 is 15.9 Å². The third kappa shape index (κ3) is 1.21. The van der Waals surface area contributed by atoms with Crippen molar-refractivity contribution in [2.75, 3.05) is 0 Å². The van der Waals surface area contributed by atoms with Crippen LogP contribution in [0.3, 0.4) is 0 Å². The molecule has 1 aromatic carbocycles. The fourth-order valence-corrected chi connectivity index (χ4v) is 2.24. The van der Waals surface area contributed by atoms with Crippen LogP contribution in [0.4, 0.5) is 0 Å². The van der Waals surface area contributed by atoms with Crippen LogP contribution in [0.2, 0.25) is 0 Å². The molecule has 0 fully saturated rings. The van der Waals surface area contributed by atoms with E-state index in [0.29, 0.717) is 6.61 Å². The van der Waals surface area contributed by atoms with E-state index in [1.54, 1.807) is 0 Å². The summed E-state index contributed by atoms with van der Waals surface area (Å²) in [6, 6.07) is 5.90. The fraction of sp³-hybridized carbons (Fsp3) is 0.182. The van der Waals surface area contributed by atoms with Gasteiger partial charge in [-0.05, 0) is 35.0 Å². The molecule has 0 saturated carbocycles. The van der Waals surface area contributed by atoms with Crippen molar-refractivity contribution in [1.82, 2.24) is 5.16 Å². The highest BCUT2D eigenvalue weighted by Crippen LogP contribution is 2.41. The first-order valence-electron chi connectivity index (χ1n) is 4.64. The van der Waals surface area contributed by atoms with Gasteiger partial charge in [0.2, 0.25) is 0 Å². The minimum Gasteiger partial charge on any atom is -0.487 e. The highest BCUT2D eigenvalue weighted by Gasteiger charge is 2.24. The molecule has 0 radical (unpaired) electrons. The van der Waals surface area contributed by atoms with E-state index in [4.69, 9.17) is 9.26 Å². The molecule has 0 aliphatic carbocycles. The Morgan fingerprint density at radius 1 is 1.40 bits per heavy atom. The number of aromatic nitrogens is 1. The zero-order chi connectivity index (χ0) is 10.4. The Morgan fingerprint density at radius 3 is 3.13 bits per heavy atom. The van der Waals surface area contributed by atoms with E-state index in [1.807, 2.05) is 25.1 Å². The summed E-state index contributed by atoms with van der Waals surface area (Å²) in [4.78, 5) is 0. The maximum absolute atomic E-state index is 5.67. The van der Waals surface area contributed by atoms with Crippen LogP contribution in [0.5, 0.6) is 5.75 Å². The third-order valence-electron chi connectivity index (χ3n) is 2.57. The topological polar surface area (TPSA) is 35.3 Å². The lowest BCUT2D eigenvalue weighted by molar-refractivity contribution is 0.298. The van der Waals surface area contributed by atoms with Crippen molar-refractivity contribution >= 4 is 15.9 Å². The first-order valence-corrected chi connectivity index (χ1v) is 5.43. The SMILES string of the molecule is Cc1onc2c1COc1c(Br)cccc1-2. The average molecular weight is 266 g/mol. The lowest BCUT2D eigenvalue weighted by atomic mass is 10.0. The Bertz CT molecular complexity index is 533. The molecule has 0 atom stereocenters. The van der Waals surface area contributed by atoms with Gasteiger partial charge in [-0.2, -0.15) is 0 Å². The molecule has 76 valence electrons. The molecule has 1 aliphatic heterocycles. The van der Waals surface area contributed by atoms with Crippen molar-refractivity contribution in [3.8, 4) is 17.0 Å². The molecule has 0 bridgehead atoms. The highest BCUT2D eigenvalue weighted by molar-refractivity contribution is 9.10. The molecule has 4 heteroatoms. The first kappa shape index (κ1) is 8.97. The molecular weight excluding hydrogens is 258 g/mol. The zero-order valence-corrected chi connectivity index (χ0v) is 9.67. The van der Waals surface area contributed by atoms with Crippen LogP contribution in [0, 0.1) is 6.92 Å². The first-order chi connectivity index (χ1) is 7.27. The quantitative estimate of drug-likeness (QED) is 0.733. The lowest BCUT2D eigenvalue weighted by Crippen LogP contribution is -2.05. The predicted molar refractivity (Wildman–Crippen MR) is 58.7 cm³/mol. The van der Waals surface area contributed by atoms with E-state index < -0.39 is 0 Å². The van der Waals surface area contributed by atoms with Crippen molar-refractivity contribution in [3.63, 3.8) is 0 Å². The summed E-state index contributed by atoms with van der Waals surface area (Å²) in [6.45, 7) is 2.43. The second-order valence-corrected chi connectivity index (χ2v) is 4.33. The van der Waals surface area contributed by atoms with Crippen molar-refractivity contribution < 1.29 is 9.26 Å². The molecule has 2 heterocycles. The van der Waals surface area contributed by atoms with Gasteiger partial charge in [-0.15, -0.1) is 0 Å². The maximum Gasteiger partial charge on any atom is 0.143 e. The van der Waals surface area contributed by atoms with Crippen LogP contribution in [0.25, 0.3) is 11.3 Å². The van der Waals surface area contributed by atoms with Gasteiger partial charge in [0.05, 0.1) is 10.0 Å². The summed E-state index contributed by atoms with van der Waals surface area (Å²) in [6.07, 6.45) is 0. The number of aryl methyl sites for hydroxylation is 1. The lowest BCUT2D eigenvalue weighted by Gasteiger charge is -2.17. The number of fused-ring (bicyclic) bond motifs is 3. The number of para-hydroxylation sites is 1. The van der Waals surface area contributed by atoms with E-state index in [0.717, 1.165) is 32.8 Å². The summed E-state index contributed by atoms with van der Waals surface area (Å²) in [5, 5.41) is 4.06. The minimum absolute atomic E-state index is 0.528. The normalized spacial score (nSPS) is 12.9. The van der Waals surface area contributed by atoms with Crippen molar-refractivity contribution in [2.45, 2.75) is 13.5 Å². The van der Waals surface area contributed by atoms with Gasteiger partial charge >= 0.3 is 0 Å². The van der Waals surface area contributed by atoms with Gasteiger partial charge < -0.3 is 9.26 Å². The predicted octanol–water partition coefficient (Wildman–Crippen LogP) is 3.30. The molecule has 2 aromatic rings. The van der Waals surface area contributed by atoms with Gasteiger partial charge in [0.1, 0.15) is 23.8 Å². The smallest absolute Gasteiger partial charge is 0.143 e. The Kier molecular flexibility index (Phi) is 1.85. The molecule has 0 amide bonds.